The lowest BCUT2D eigenvalue weighted by atomic mass is 10.3. The number of hydrogen-bond acceptors (Lipinski definition) is 3. The highest BCUT2D eigenvalue weighted by molar-refractivity contribution is 5.74. The van der Waals surface area contributed by atoms with Crippen LogP contribution >= 0.6 is 0 Å². The van der Waals surface area contributed by atoms with Gasteiger partial charge >= 0.3 is 5.97 Å². The van der Waals surface area contributed by atoms with Crippen molar-refractivity contribution < 1.29 is 14.6 Å². The molecule has 0 unspecified atom stereocenters. The maximum atomic E-state index is 10.9. The molecule has 0 aliphatic heterocycles. The molecular formula is C8H14O3. The molecule has 3 heteroatoms. The second-order valence-electron chi connectivity index (χ2n) is 2.87. The van der Waals surface area contributed by atoms with E-state index in [1.54, 1.807) is 0 Å². The minimum atomic E-state index is -0.0528. The first kappa shape index (κ1) is 8.53. The summed E-state index contributed by atoms with van der Waals surface area (Å²) in [5, 5.41) is 8.41. The molecule has 0 spiro atoms. The Kier molecular flexibility index (Phi) is 3.36. The Labute approximate surface area is 66.4 Å². The first-order chi connectivity index (χ1) is 5.34. The molecule has 1 saturated carbocycles. The molecule has 1 aliphatic carbocycles. The maximum Gasteiger partial charge on any atom is 0.308 e. The summed E-state index contributed by atoms with van der Waals surface area (Å²) < 4.78 is 4.92. The third-order valence-corrected chi connectivity index (χ3v) is 1.71. The van der Waals surface area contributed by atoms with E-state index in [2.05, 4.69) is 0 Å². The van der Waals surface area contributed by atoms with Crippen LogP contribution < -0.4 is 0 Å². The van der Waals surface area contributed by atoms with Gasteiger partial charge in [0.25, 0.3) is 0 Å². The van der Waals surface area contributed by atoms with Gasteiger partial charge in [-0.1, -0.05) is 0 Å². The molecule has 1 aliphatic rings. The van der Waals surface area contributed by atoms with E-state index in [-0.39, 0.29) is 18.5 Å². The van der Waals surface area contributed by atoms with Gasteiger partial charge in [0.2, 0.25) is 0 Å². The lowest BCUT2D eigenvalue weighted by molar-refractivity contribution is -0.145. The zero-order valence-electron chi connectivity index (χ0n) is 6.58. The van der Waals surface area contributed by atoms with Gasteiger partial charge < -0.3 is 9.84 Å². The van der Waals surface area contributed by atoms with E-state index in [9.17, 15) is 4.79 Å². The molecule has 3 nitrogen and oxygen atoms in total. The molecule has 0 aromatic carbocycles. The molecular weight excluding hydrogens is 144 g/mol. The molecule has 0 bridgehead atoms. The van der Waals surface area contributed by atoms with Crippen molar-refractivity contribution in [3.05, 3.63) is 0 Å². The fourth-order valence-corrected chi connectivity index (χ4v) is 0.824. The van der Waals surface area contributed by atoms with Crippen LogP contribution in [0.4, 0.5) is 0 Å². The van der Waals surface area contributed by atoms with Crippen molar-refractivity contribution >= 4 is 5.97 Å². The Bertz CT molecular complexity index is 129. The van der Waals surface area contributed by atoms with Crippen LogP contribution in [0.5, 0.6) is 0 Å². The van der Waals surface area contributed by atoms with Crippen LogP contribution in [0, 0.1) is 5.92 Å². The molecule has 0 aromatic rings. The van der Waals surface area contributed by atoms with Gasteiger partial charge in [-0.2, -0.15) is 0 Å². The number of aliphatic hydroxyl groups is 1. The lowest BCUT2D eigenvalue weighted by Gasteiger charge is -2.01. The van der Waals surface area contributed by atoms with Crippen molar-refractivity contribution in [2.24, 2.45) is 5.92 Å². The molecule has 1 rings (SSSR count). The van der Waals surface area contributed by atoms with Crippen LogP contribution in [-0.4, -0.2) is 24.3 Å². The molecule has 0 aromatic heterocycles. The topological polar surface area (TPSA) is 46.5 Å². The third kappa shape index (κ3) is 3.37. The average Bonchev–Trinajstić information content (AvgIpc) is 2.79. The molecule has 0 atom stereocenters. The predicted octanol–water partition coefficient (Wildman–Crippen LogP) is 0.712. The second-order valence-corrected chi connectivity index (χ2v) is 2.87. The average molecular weight is 158 g/mol. The minimum absolute atomic E-state index is 0.0528. The van der Waals surface area contributed by atoms with Gasteiger partial charge in [-0.3, -0.25) is 4.79 Å². The van der Waals surface area contributed by atoms with E-state index in [0.717, 1.165) is 25.7 Å². The van der Waals surface area contributed by atoms with E-state index < -0.39 is 0 Å². The van der Waals surface area contributed by atoms with Crippen LogP contribution in [0.2, 0.25) is 0 Å². The summed E-state index contributed by atoms with van der Waals surface area (Å²) in [5.74, 6) is 0.145. The van der Waals surface area contributed by atoms with E-state index in [0.29, 0.717) is 6.61 Å². The Morgan fingerprint density at radius 3 is 2.73 bits per heavy atom. The van der Waals surface area contributed by atoms with Crippen molar-refractivity contribution in [1.29, 1.82) is 0 Å². The fraction of sp³-hybridized carbons (Fsp3) is 0.875. The first-order valence-electron chi connectivity index (χ1n) is 4.12. The predicted molar refractivity (Wildman–Crippen MR) is 40.0 cm³/mol. The highest BCUT2D eigenvalue weighted by Crippen LogP contribution is 2.29. The smallest absolute Gasteiger partial charge is 0.308 e. The second kappa shape index (κ2) is 4.34. The minimum Gasteiger partial charge on any atom is -0.465 e. The molecule has 64 valence electrons. The zero-order chi connectivity index (χ0) is 8.10. The summed E-state index contributed by atoms with van der Waals surface area (Å²) in [6, 6.07) is 0. The zero-order valence-corrected chi connectivity index (χ0v) is 6.58. The van der Waals surface area contributed by atoms with E-state index in [1.807, 2.05) is 0 Å². The van der Waals surface area contributed by atoms with Crippen molar-refractivity contribution in [2.75, 3.05) is 13.2 Å². The molecule has 1 N–H and O–H groups in total. The quantitative estimate of drug-likeness (QED) is 0.473. The van der Waals surface area contributed by atoms with Crippen molar-refractivity contribution in [2.45, 2.75) is 25.7 Å². The van der Waals surface area contributed by atoms with Gasteiger partial charge in [0.05, 0.1) is 12.5 Å². The largest absolute Gasteiger partial charge is 0.465 e. The number of aliphatic hydroxyl groups excluding tert-OH is 1. The monoisotopic (exact) mass is 158 g/mol. The molecule has 0 radical (unpaired) electrons. The number of carbonyl (C=O) groups excluding carboxylic acids is 1. The highest BCUT2D eigenvalue weighted by Gasteiger charge is 2.30. The Morgan fingerprint density at radius 1 is 1.45 bits per heavy atom. The molecule has 0 saturated heterocycles. The normalized spacial score (nSPS) is 16.5. The number of ether oxygens (including phenoxy) is 1. The standard InChI is InChI=1S/C8H14O3/c9-5-1-2-6-11-8(10)7-3-4-7/h7,9H,1-6H2. The summed E-state index contributed by atoms with van der Waals surface area (Å²) in [6.07, 6.45) is 3.49. The van der Waals surface area contributed by atoms with Gasteiger partial charge in [-0.25, -0.2) is 0 Å². The lowest BCUT2D eigenvalue weighted by Crippen LogP contribution is -2.07. The van der Waals surface area contributed by atoms with E-state index in [1.165, 1.54) is 0 Å². The van der Waals surface area contributed by atoms with Crippen LogP contribution in [-0.2, 0) is 9.53 Å². The SMILES string of the molecule is O=C(OCCCCO)C1CC1. The highest BCUT2D eigenvalue weighted by atomic mass is 16.5. The summed E-state index contributed by atoms with van der Waals surface area (Å²) in [5.41, 5.74) is 0. The Morgan fingerprint density at radius 2 is 2.18 bits per heavy atom. The summed E-state index contributed by atoms with van der Waals surface area (Å²) in [6.45, 7) is 0.650. The van der Waals surface area contributed by atoms with Crippen molar-refractivity contribution in [3.63, 3.8) is 0 Å². The third-order valence-electron chi connectivity index (χ3n) is 1.71. The van der Waals surface area contributed by atoms with E-state index in [4.69, 9.17) is 9.84 Å². The molecule has 0 amide bonds. The first-order valence-corrected chi connectivity index (χ1v) is 4.12. The summed E-state index contributed by atoms with van der Waals surface area (Å²) in [7, 11) is 0. The van der Waals surface area contributed by atoms with Crippen LogP contribution in [0.1, 0.15) is 25.7 Å². The van der Waals surface area contributed by atoms with Crippen LogP contribution in [0.25, 0.3) is 0 Å². The van der Waals surface area contributed by atoms with E-state index >= 15 is 0 Å². The van der Waals surface area contributed by atoms with Gasteiger partial charge in [0.15, 0.2) is 0 Å². The number of unbranched alkanes of at least 4 members (excludes halogenated alkanes) is 1. The fourth-order valence-electron chi connectivity index (χ4n) is 0.824. The van der Waals surface area contributed by atoms with Crippen LogP contribution in [0.3, 0.4) is 0 Å². The summed E-state index contributed by atoms with van der Waals surface area (Å²) >= 11 is 0. The number of hydrogen-bond donors (Lipinski definition) is 1. The Hall–Kier alpha value is -0.570. The van der Waals surface area contributed by atoms with Gasteiger partial charge in [0, 0.05) is 6.61 Å². The van der Waals surface area contributed by atoms with Gasteiger partial charge in [-0.05, 0) is 25.7 Å². The van der Waals surface area contributed by atoms with Crippen LogP contribution in [0.15, 0.2) is 0 Å². The van der Waals surface area contributed by atoms with Gasteiger partial charge in [-0.15, -0.1) is 0 Å². The van der Waals surface area contributed by atoms with Crippen molar-refractivity contribution in [1.82, 2.24) is 0 Å². The van der Waals surface area contributed by atoms with Gasteiger partial charge in [0.1, 0.15) is 0 Å². The molecule has 11 heavy (non-hydrogen) atoms. The number of carbonyl (C=O) groups is 1. The Balaban J connectivity index is 1.89. The number of esters is 1. The molecule has 1 fully saturated rings. The van der Waals surface area contributed by atoms with Crippen molar-refractivity contribution in [3.8, 4) is 0 Å². The summed E-state index contributed by atoms with van der Waals surface area (Å²) in [4.78, 5) is 10.9. The number of rotatable bonds is 5. The maximum absolute atomic E-state index is 10.9. The molecule has 0 heterocycles.